The van der Waals surface area contributed by atoms with Crippen molar-refractivity contribution in [1.29, 1.82) is 0 Å². The molecule has 5 aromatic rings. The fourth-order valence-corrected chi connectivity index (χ4v) is 3.20. The Morgan fingerprint density at radius 1 is 1.04 bits per heavy atom. The minimum Gasteiger partial charge on any atom is -0.361 e. The third kappa shape index (κ3) is 2.29. The molecule has 0 atom stereocenters. The van der Waals surface area contributed by atoms with Gasteiger partial charge in [0.1, 0.15) is 11.5 Å². The molecule has 126 valence electrons. The summed E-state index contributed by atoms with van der Waals surface area (Å²) in [4.78, 5) is 23.2. The van der Waals surface area contributed by atoms with Crippen LogP contribution < -0.4 is 10.3 Å². The van der Waals surface area contributed by atoms with Crippen LogP contribution in [0.2, 0.25) is 0 Å². The normalized spacial score (nSPS) is 11.3. The minimum absolute atomic E-state index is 0.700. The van der Waals surface area contributed by atoms with Crippen molar-refractivity contribution in [2.45, 2.75) is 6.92 Å². The van der Waals surface area contributed by atoms with E-state index < -0.39 is 0 Å². The van der Waals surface area contributed by atoms with Crippen LogP contribution in [0.25, 0.3) is 33.3 Å². The SMILES string of the molecule is Cc1nc(-c2cccnc2Nc2cccc3[nH]ccc23)c2[nH]c[nH+]c2n1. The molecule has 0 bridgehead atoms. The number of rotatable bonds is 3. The largest absolute Gasteiger partial charge is 0.361 e. The highest BCUT2D eigenvalue weighted by Gasteiger charge is 2.18. The molecule has 0 unspecified atom stereocenters. The van der Waals surface area contributed by atoms with Crippen molar-refractivity contribution in [3.05, 3.63) is 60.9 Å². The second-order valence-electron chi connectivity index (χ2n) is 6.05. The van der Waals surface area contributed by atoms with Crippen molar-refractivity contribution in [2.75, 3.05) is 5.32 Å². The average molecular weight is 342 g/mol. The van der Waals surface area contributed by atoms with Crippen molar-refractivity contribution in [1.82, 2.24) is 24.9 Å². The summed E-state index contributed by atoms with van der Waals surface area (Å²) in [5.41, 5.74) is 5.41. The summed E-state index contributed by atoms with van der Waals surface area (Å²) in [6.45, 7) is 1.88. The van der Waals surface area contributed by atoms with E-state index in [9.17, 15) is 0 Å². The van der Waals surface area contributed by atoms with E-state index in [0.29, 0.717) is 5.82 Å². The molecule has 7 nitrogen and oxygen atoms in total. The third-order valence-corrected chi connectivity index (χ3v) is 4.36. The summed E-state index contributed by atoms with van der Waals surface area (Å²) in [5, 5.41) is 4.57. The van der Waals surface area contributed by atoms with Gasteiger partial charge in [-0.2, -0.15) is 0 Å². The predicted molar refractivity (Wildman–Crippen MR) is 100.0 cm³/mol. The van der Waals surface area contributed by atoms with E-state index in [-0.39, 0.29) is 0 Å². The van der Waals surface area contributed by atoms with Gasteiger partial charge in [-0.05, 0) is 30.3 Å². The highest BCUT2D eigenvalue weighted by atomic mass is 15.0. The summed E-state index contributed by atoms with van der Waals surface area (Å²) in [6, 6.07) is 12.1. The molecule has 0 aliphatic heterocycles. The highest BCUT2D eigenvalue weighted by Crippen LogP contribution is 2.32. The molecule has 5 rings (SSSR count). The molecule has 0 spiro atoms. The lowest BCUT2D eigenvalue weighted by Gasteiger charge is -2.11. The van der Waals surface area contributed by atoms with Gasteiger partial charge in [0.25, 0.3) is 0 Å². The summed E-state index contributed by atoms with van der Waals surface area (Å²) >= 11 is 0. The van der Waals surface area contributed by atoms with Gasteiger partial charge in [-0.15, -0.1) is 0 Å². The van der Waals surface area contributed by atoms with Crippen LogP contribution in [0.5, 0.6) is 0 Å². The van der Waals surface area contributed by atoms with Gasteiger partial charge in [-0.1, -0.05) is 11.1 Å². The summed E-state index contributed by atoms with van der Waals surface area (Å²) in [5.74, 6) is 1.45. The highest BCUT2D eigenvalue weighted by molar-refractivity contribution is 5.96. The predicted octanol–water partition coefficient (Wildman–Crippen LogP) is 3.37. The number of anilines is 2. The molecule has 0 fully saturated rings. The molecule has 0 saturated carbocycles. The summed E-state index contributed by atoms with van der Waals surface area (Å²) < 4.78 is 0. The summed E-state index contributed by atoms with van der Waals surface area (Å²) in [6.07, 6.45) is 5.46. The van der Waals surface area contributed by atoms with E-state index in [4.69, 9.17) is 0 Å². The van der Waals surface area contributed by atoms with Gasteiger partial charge in [-0.25, -0.2) is 15.0 Å². The maximum atomic E-state index is 4.65. The Hall–Kier alpha value is -3.74. The van der Waals surface area contributed by atoms with Gasteiger partial charge in [0.05, 0.1) is 0 Å². The molecule has 4 aromatic heterocycles. The maximum absolute atomic E-state index is 4.65. The van der Waals surface area contributed by atoms with Gasteiger partial charge in [0, 0.05) is 41.5 Å². The number of imidazole rings is 1. The van der Waals surface area contributed by atoms with E-state index in [1.54, 1.807) is 12.5 Å². The first-order valence-corrected chi connectivity index (χ1v) is 8.31. The van der Waals surface area contributed by atoms with Crippen LogP contribution in [-0.2, 0) is 0 Å². The van der Waals surface area contributed by atoms with E-state index in [2.05, 4.69) is 35.2 Å². The van der Waals surface area contributed by atoms with Crippen molar-refractivity contribution in [2.24, 2.45) is 0 Å². The minimum atomic E-state index is 0.700. The Kier molecular flexibility index (Phi) is 3.18. The Bertz CT molecular complexity index is 1240. The topological polar surface area (TPSA) is 96.4 Å². The zero-order valence-electron chi connectivity index (χ0n) is 14.0. The van der Waals surface area contributed by atoms with E-state index in [1.807, 2.05) is 49.5 Å². The fraction of sp³-hybridized carbons (Fsp3) is 0.0526. The van der Waals surface area contributed by atoms with Gasteiger partial charge in [0.15, 0.2) is 11.8 Å². The second-order valence-corrected chi connectivity index (χ2v) is 6.05. The number of aromatic amines is 3. The zero-order valence-corrected chi connectivity index (χ0v) is 14.0. The number of hydrogen-bond acceptors (Lipinski definition) is 4. The molecule has 0 amide bonds. The van der Waals surface area contributed by atoms with Crippen LogP contribution >= 0.6 is 0 Å². The molecule has 7 heteroatoms. The molecular weight excluding hydrogens is 326 g/mol. The Balaban J connectivity index is 1.68. The second kappa shape index (κ2) is 5.66. The van der Waals surface area contributed by atoms with Gasteiger partial charge in [0.2, 0.25) is 5.82 Å². The molecule has 4 heterocycles. The Morgan fingerprint density at radius 3 is 2.96 bits per heavy atom. The number of nitrogens with one attached hydrogen (secondary N) is 4. The number of fused-ring (bicyclic) bond motifs is 2. The lowest BCUT2D eigenvalue weighted by Crippen LogP contribution is -2.03. The summed E-state index contributed by atoms with van der Waals surface area (Å²) in [7, 11) is 0. The molecular formula is C19H16N7+. The molecule has 0 aliphatic rings. The molecule has 4 N–H and O–H groups in total. The van der Waals surface area contributed by atoms with Crippen LogP contribution in [0, 0.1) is 6.92 Å². The first-order chi connectivity index (χ1) is 12.8. The van der Waals surface area contributed by atoms with Crippen molar-refractivity contribution in [3.63, 3.8) is 0 Å². The van der Waals surface area contributed by atoms with E-state index in [0.717, 1.165) is 44.8 Å². The Labute approximate surface area is 148 Å². The molecule has 26 heavy (non-hydrogen) atoms. The molecule has 0 radical (unpaired) electrons. The van der Waals surface area contributed by atoms with Crippen LogP contribution in [0.1, 0.15) is 5.82 Å². The average Bonchev–Trinajstić information content (AvgIpc) is 3.31. The Morgan fingerprint density at radius 2 is 2.00 bits per heavy atom. The van der Waals surface area contributed by atoms with Crippen molar-refractivity contribution >= 4 is 33.6 Å². The van der Waals surface area contributed by atoms with Crippen LogP contribution in [-0.4, -0.2) is 24.9 Å². The first-order valence-electron chi connectivity index (χ1n) is 8.31. The fourth-order valence-electron chi connectivity index (χ4n) is 3.20. The number of hydrogen-bond donors (Lipinski definition) is 3. The third-order valence-electron chi connectivity index (χ3n) is 4.36. The van der Waals surface area contributed by atoms with Gasteiger partial charge >= 0.3 is 5.65 Å². The number of benzene rings is 1. The standard InChI is InChI=1S/C19H15N7/c1-11-24-16(17-19(25-11)23-10-22-17)13-4-3-8-21-18(13)26-15-6-2-5-14-12(15)7-9-20-14/h2-10,20H,1H3,(H,21,26)(H,22,23,24,25)/p+1. The van der Waals surface area contributed by atoms with Crippen molar-refractivity contribution < 1.29 is 4.98 Å². The molecule has 0 saturated heterocycles. The van der Waals surface area contributed by atoms with Gasteiger partial charge < -0.3 is 10.3 Å². The van der Waals surface area contributed by atoms with Gasteiger partial charge in [-0.3, -0.25) is 4.98 Å². The number of nitrogens with zero attached hydrogens (tertiary/aromatic N) is 3. The monoisotopic (exact) mass is 342 g/mol. The van der Waals surface area contributed by atoms with Crippen molar-refractivity contribution in [3.8, 4) is 11.3 Å². The number of aryl methyl sites for hydroxylation is 1. The number of pyridine rings is 1. The van der Waals surface area contributed by atoms with Crippen LogP contribution in [0.4, 0.5) is 11.5 Å². The first kappa shape index (κ1) is 14.6. The van der Waals surface area contributed by atoms with Crippen LogP contribution in [0.15, 0.2) is 55.1 Å². The smallest absolute Gasteiger partial charge is 0.303 e. The molecule has 1 aromatic carbocycles. The lowest BCUT2D eigenvalue weighted by atomic mass is 10.1. The number of aromatic nitrogens is 6. The van der Waals surface area contributed by atoms with Crippen LogP contribution in [0.3, 0.4) is 0 Å². The number of H-pyrrole nitrogens is 3. The zero-order chi connectivity index (χ0) is 17.5. The maximum Gasteiger partial charge on any atom is 0.303 e. The van der Waals surface area contributed by atoms with E-state index in [1.165, 1.54) is 0 Å². The quantitative estimate of drug-likeness (QED) is 0.468. The molecule has 0 aliphatic carbocycles. The van der Waals surface area contributed by atoms with E-state index >= 15 is 0 Å². The lowest BCUT2D eigenvalue weighted by molar-refractivity contribution is -0.347.